The summed E-state index contributed by atoms with van der Waals surface area (Å²) in [7, 11) is 0. The molecular weight excluding hydrogens is 548 g/mol. The molecule has 0 atom stereocenters. The van der Waals surface area contributed by atoms with Crippen LogP contribution in [0.5, 0.6) is 0 Å². The quantitative estimate of drug-likeness (QED) is 0.226. The highest BCUT2D eigenvalue weighted by Crippen LogP contribution is 2.60. The Labute approximate surface area is 255 Å². The fourth-order valence-corrected chi connectivity index (χ4v) is 7.45. The molecule has 1 aliphatic rings. The van der Waals surface area contributed by atoms with Crippen molar-refractivity contribution >= 4 is 33.5 Å². The first-order valence-electron chi connectivity index (χ1n) is 14.6. The maximum atomic E-state index is 11.3. The molecule has 0 aliphatic heterocycles. The molecule has 0 bridgehead atoms. The van der Waals surface area contributed by atoms with Crippen molar-refractivity contribution in [1.29, 1.82) is 0 Å². The molecule has 7 aromatic rings. The molecule has 1 aromatic heterocycles. The average molecular weight is 577 g/mol. The van der Waals surface area contributed by atoms with E-state index in [1.165, 1.54) is 5.56 Å². The van der Waals surface area contributed by atoms with E-state index in [1.807, 2.05) is 50.2 Å². The summed E-state index contributed by atoms with van der Waals surface area (Å²) in [5.41, 5.74) is 9.65. The number of halogens is 1. The second-order valence-corrected chi connectivity index (χ2v) is 12.4. The zero-order chi connectivity index (χ0) is 29.3. The number of benzene rings is 6. The van der Waals surface area contributed by atoms with Gasteiger partial charge in [-0.05, 0) is 82.6 Å². The van der Waals surface area contributed by atoms with Crippen molar-refractivity contribution < 1.29 is 9.52 Å². The zero-order valence-electron chi connectivity index (χ0n) is 23.9. The standard InChI is InChI=1S/C40H29ClO2/c1-39(2,42)32-19-11-9-17-28(32)31-24-34-36(37-30-18-10-12-20-35(30)43-38(31)37)29-22-21-27(41)23-33(29)40(34,25-13-5-3-6-14-25)26-15-7-4-8-16-26/h3-24,42H,1-2H3. The Balaban J connectivity index is 1.64. The lowest BCUT2D eigenvalue weighted by atomic mass is 9.67. The van der Waals surface area contributed by atoms with Crippen molar-refractivity contribution in [2.24, 2.45) is 0 Å². The SMILES string of the molecule is CC(C)(O)c1ccccc1-c1cc2c(c3c1oc1ccccc13)-c1ccc(Cl)cc1C2(c1ccccc1)c1ccccc1. The number of furan rings is 1. The van der Waals surface area contributed by atoms with Crippen LogP contribution in [0.15, 0.2) is 138 Å². The lowest BCUT2D eigenvalue weighted by Gasteiger charge is -2.34. The third kappa shape index (κ3) is 3.70. The Morgan fingerprint density at radius 2 is 1.26 bits per heavy atom. The monoisotopic (exact) mass is 576 g/mol. The second kappa shape index (κ2) is 9.44. The van der Waals surface area contributed by atoms with Gasteiger partial charge in [-0.15, -0.1) is 0 Å². The average Bonchev–Trinajstić information content (AvgIpc) is 3.55. The van der Waals surface area contributed by atoms with Crippen LogP contribution in [0.1, 0.15) is 41.7 Å². The Morgan fingerprint density at radius 3 is 1.95 bits per heavy atom. The van der Waals surface area contributed by atoms with Crippen molar-refractivity contribution in [3.05, 3.63) is 166 Å². The molecule has 0 unspecified atom stereocenters. The molecule has 2 nitrogen and oxygen atoms in total. The molecule has 3 heteroatoms. The normalized spacial score (nSPS) is 13.8. The predicted molar refractivity (Wildman–Crippen MR) is 177 cm³/mol. The summed E-state index contributed by atoms with van der Waals surface area (Å²) in [5, 5.41) is 14.2. The van der Waals surface area contributed by atoms with Crippen LogP contribution in [0.4, 0.5) is 0 Å². The fraction of sp³-hybridized carbons (Fsp3) is 0.100. The van der Waals surface area contributed by atoms with Gasteiger partial charge in [-0.3, -0.25) is 0 Å². The summed E-state index contributed by atoms with van der Waals surface area (Å²) in [6.07, 6.45) is 0. The van der Waals surface area contributed by atoms with E-state index in [1.54, 1.807) is 0 Å². The minimum atomic E-state index is -1.06. The van der Waals surface area contributed by atoms with Gasteiger partial charge in [0.15, 0.2) is 0 Å². The summed E-state index contributed by atoms with van der Waals surface area (Å²) in [6.45, 7) is 3.68. The third-order valence-corrected chi connectivity index (χ3v) is 9.23. The van der Waals surface area contributed by atoms with E-state index in [0.29, 0.717) is 5.02 Å². The smallest absolute Gasteiger partial charge is 0.143 e. The molecule has 0 saturated heterocycles. The molecule has 0 radical (unpaired) electrons. The largest absolute Gasteiger partial charge is 0.455 e. The number of rotatable bonds is 4. The van der Waals surface area contributed by atoms with Crippen LogP contribution in [-0.2, 0) is 11.0 Å². The Morgan fingerprint density at radius 1 is 0.628 bits per heavy atom. The number of fused-ring (bicyclic) bond motifs is 7. The number of aliphatic hydroxyl groups is 1. The predicted octanol–water partition coefficient (Wildman–Crippen LogP) is 10.5. The number of para-hydroxylation sites is 1. The Bertz CT molecular complexity index is 2130. The molecule has 43 heavy (non-hydrogen) atoms. The molecule has 8 rings (SSSR count). The molecule has 1 aliphatic carbocycles. The highest BCUT2D eigenvalue weighted by Gasteiger charge is 2.48. The molecule has 1 heterocycles. The molecule has 6 aromatic carbocycles. The molecule has 0 amide bonds. The van der Waals surface area contributed by atoms with Crippen LogP contribution in [0.25, 0.3) is 44.2 Å². The van der Waals surface area contributed by atoms with Crippen molar-refractivity contribution in [1.82, 2.24) is 0 Å². The Kier molecular flexibility index (Phi) is 5.71. The lowest BCUT2D eigenvalue weighted by Crippen LogP contribution is -2.28. The summed E-state index contributed by atoms with van der Waals surface area (Å²) in [5.74, 6) is 0. The molecule has 208 valence electrons. The molecule has 1 N–H and O–H groups in total. The van der Waals surface area contributed by atoms with E-state index in [0.717, 1.165) is 66.4 Å². The van der Waals surface area contributed by atoms with Gasteiger partial charge in [0.05, 0.1) is 11.0 Å². The highest BCUT2D eigenvalue weighted by atomic mass is 35.5. The maximum absolute atomic E-state index is 11.3. The van der Waals surface area contributed by atoms with E-state index >= 15 is 0 Å². The number of hydrogen-bond donors (Lipinski definition) is 1. The van der Waals surface area contributed by atoms with Gasteiger partial charge in [0.2, 0.25) is 0 Å². The van der Waals surface area contributed by atoms with Crippen molar-refractivity contribution in [2.75, 3.05) is 0 Å². The lowest BCUT2D eigenvalue weighted by molar-refractivity contribution is 0.0792. The van der Waals surface area contributed by atoms with E-state index in [4.69, 9.17) is 16.0 Å². The van der Waals surface area contributed by atoms with Gasteiger partial charge < -0.3 is 9.52 Å². The van der Waals surface area contributed by atoms with Crippen LogP contribution in [0, 0.1) is 0 Å². The van der Waals surface area contributed by atoms with Crippen molar-refractivity contribution in [3.63, 3.8) is 0 Å². The number of hydrogen-bond acceptors (Lipinski definition) is 2. The van der Waals surface area contributed by atoms with Gasteiger partial charge >= 0.3 is 0 Å². The van der Waals surface area contributed by atoms with Crippen LogP contribution in [0.2, 0.25) is 5.02 Å². The molecular formula is C40H29ClO2. The summed E-state index contributed by atoms with van der Waals surface area (Å²) >= 11 is 6.81. The van der Waals surface area contributed by atoms with Crippen LogP contribution < -0.4 is 0 Å². The summed E-state index contributed by atoms with van der Waals surface area (Å²) in [4.78, 5) is 0. The second-order valence-electron chi connectivity index (χ2n) is 11.9. The van der Waals surface area contributed by atoms with E-state index < -0.39 is 11.0 Å². The Hall–Kier alpha value is -4.63. The van der Waals surface area contributed by atoms with Crippen LogP contribution >= 0.6 is 11.6 Å². The minimum Gasteiger partial charge on any atom is -0.455 e. The van der Waals surface area contributed by atoms with Gasteiger partial charge in [-0.2, -0.15) is 0 Å². The van der Waals surface area contributed by atoms with Gasteiger partial charge in [0.1, 0.15) is 11.2 Å². The summed E-state index contributed by atoms with van der Waals surface area (Å²) < 4.78 is 6.74. The van der Waals surface area contributed by atoms with Crippen molar-refractivity contribution in [2.45, 2.75) is 24.9 Å². The first kappa shape index (κ1) is 26.0. The first-order chi connectivity index (χ1) is 20.9. The molecule has 0 saturated carbocycles. The van der Waals surface area contributed by atoms with Crippen LogP contribution in [-0.4, -0.2) is 5.11 Å². The molecule has 0 spiro atoms. The van der Waals surface area contributed by atoms with Crippen molar-refractivity contribution in [3.8, 4) is 22.3 Å². The maximum Gasteiger partial charge on any atom is 0.143 e. The van der Waals surface area contributed by atoms with Gasteiger partial charge in [0.25, 0.3) is 0 Å². The van der Waals surface area contributed by atoms with Gasteiger partial charge in [0, 0.05) is 21.4 Å². The highest BCUT2D eigenvalue weighted by molar-refractivity contribution is 6.31. The summed E-state index contributed by atoms with van der Waals surface area (Å²) in [6, 6.07) is 46.4. The minimum absolute atomic E-state index is 0.636. The van der Waals surface area contributed by atoms with E-state index in [2.05, 4.69) is 97.1 Å². The zero-order valence-corrected chi connectivity index (χ0v) is 24.7. The van der Waals surface area contributed by atoms with Crippen LogP contribution in [0.3, 0.4) is 0 Å². The van der Waals surface area contributed by atoms with E-state index in [-0.39, 0.29) is 0 Å². The third-order valence-electron chi connectivity index (χ3n) is 9.00. The fourth-order valence-electron chi connectivity index (χ4n) is 7.28. The van der Waals surface area contributed by atoms with E-state index in [9.17, 15) is 5.11 Å². The first-order valence-corrected chi connectivity index (χ1v) is 15.0. The molecule has 0 fully saturated rings. The van der Waals surface area contributed by atoms with Gasteiger partial charge in [-0.1, -0.05) is 121 Å². The van der Waals surface area contributed by atoms with Gasteiger partial charge in [-0.25, -0.2) is 0 Å². The topological polar surface area (TPSA) is 33.4 Å².